The fraction of sp³-hybridized carbons (Fsp3) is 0.647. The Morgan fingerprint density at radius 3 is 2.70 bits per heavy atom. The van der Waals surface area contributed by atoms with Crippen LogP contribution in [0.4, 0.5) is 0 Å². The highest BCUT2D eigenvalue weighted by Gasteiger charge is 2.39. The molecular weight excluding hydrogens is 250 g/mol. The second-order valence-electron chi connectivity index (χ2n) is 6.19. The van der Waals surface area contributed by atoms with Crippen molar-refractivity contribution in [1.82, 2.24) is 0 Å². The average Bonchev–Trinajstić information content (AvgIpc) is 2.80. The summed E-state index contributed by atoms with van der Waals surface area (Å²) in [6.45, 7) is 7.29. The Morgan fingerprint density at radius 2 is 2.00 bits per heavy atom. The van der Waals surface area contributed by atoms with E-state index in [4.69, 9.17) is 10.5 Å². The van der Waals surface area contributed by atoms with E-state index in [1.807, 2.05) is 0 Å². The first-order chi connectivity index (χ1) is 9.48. The van der Waals surface area contributed by atoms with Crippen LogP contribution in [0.1, 0.15) is 42.4 Å². The van der Waals surface area contributed by atoms with Gasteiger partial charge < -0.3 is 15.6 Å². The van der Waals surface area contributed by atoms with Crippen molar-refractivity contribution in [2.45, 2.75) is 52.1 Å². The summed E-state index contributed by atoms with van der Waals surface area (Å²) in [4.78, 5) is 0. The first-order valence-corrected chi connectivity index (χ1v) is 7.60. The lowest BCUT2D eigenvalue weighted by molar-refractivity contribution is 0.00350. The van der Waals surface area contributed by atoms with E-state index in [-0.39, 0.29) is 5.92 Å². The standard InChI is InChI=1S/C17H27NO2/c1-12-6-7-13(2)16(14(12)3)20-10-8-15-5-4-9-17(15,19)11-18/h6-7,15,19H,4-5,8-11,18H2,1-3H3. The van der Waals surface area contributed by atoms with Gasteiger partial charge in [0, 0.05) is 6.54 Å². The molecule has 1 aliphatic rings. The molecule has 3 heteroatoms. The van der Waals surface area contributed by atoms with Gasteiger partial charge in [-0.2, -0.15) is 0 Å². The molecule has 0 heterocycles. The molecule has 112 valence electrons. The van der Waals surface area contributed by atoms with E-state index in [2.05, 4.69) is 32.9 Å². The van der Waals surface area contributed by atoms with Gasteiger partial charge in [-0.05, 0) is 62.6 Å². The van der Waals surface area contributed by atoms with Gasteiger partial charge in [-0.15, -0.1) is 0 Å². The molecule has 3 N–H and O–H groups in total. The van der Waals surface area contributed by atoms with E-state index < -0.39 is 5.60 Å². The van der Waals surface area contributed by atoms with Crippen LogP contribution in [0.15, 0.2) is 12.1 Å². The number of aryl methyl sites for hydroxylation is 2. The van der Waals surface area contributed by atoms with Gasteiger partial charge in [-0.3, -0.25) is 0 Å². The highest BCUT2D eigenvalue weighted by Crippen LogP contribution is 2.37. The molecule has 1 fully saturated rings. The molecule has 20 heavy (non-hydrogen) atoms. The van der Waals surface area contributed by atoms with Crippen molar-refractivity contribution in [1.29, 1.82) is 0 Å². The van der Waals surface area contributed by atoms with Crippen LogP contribution in [-0.4, -0.2) is 23.9 Å². The molecule has 2 rings (SSSR count). The highest BCUT2D eigenvalue weighted by molar-refractivity contribution is 5.44. The third-order valence-electron chi connectivity index (χ3n) is 4.86. The summed E-state index contributed by atoms with van der Waals surface area (Å²) < 4.78 is 6.00. The van der Waals surface area contributed by atoms with E-state index in [9.17, 15) is 5.11 Å². The predicted molar refractivity (Wildman–Crippen MR) is 82.1 cm³/mol. The Morgan fingerprint density at radius 1 is 1.30 bits per heavy atom. The van der Waals surface area contributed by atoms with Crippen molar-refractivity contribution in [3.8, 4) is 5.75 Å². The van der Waals surface area contributed by atoms with Crippen LogP contribution in [0.25, 0.3) is 0 Å². The minimum Gasteiger partial charge on any atom is -0.493 e. The van der Waals surface area contributed by atoms with Crippen LogP contribution in [0.5, 0.6) is 5.75 Å². The summed E-state index contributed by atoms with van der Waals surface area (Å²) in [7, 11) is 0. The van der Waals surface area contributed by atoms with E-state index in [0.29, 0.717) is 13.2 Å². The van der Waals surface area contributed by atoms with Crippen LogP contribution in [-0.2, 0) is 0 Å². The number of ether oxygens (including phenoxy) is 1. The second-order valence-corrected chi connectivity index (χ2v) is 6.19. The molecule has 0 radical (unpaired) electrons. The second kappa shape index (κ2) is 6.15. The Labute approximate surface area is 122 Å². The molecule has 0 aliphatic heterocycles. The van der Waals surface area contributed by atoms with Gasteiger partial charge in [0.1, 0.15) is 5.75 Å². The molecule has 3 nitrogen and oxygen atoms in total. The van der Waals surface area contributed by atoms with Gasteiger partial charge in [0.05, 0.1) is 12.2 Å². The number of benzene rings is 1. The lowest BCUT2D eigenvalue weighted by atomic mass is 9.88. The number of rotatable bonds is 5. The summed E-state index contributed by atoms with van der Waals surface area (Å²) in [6.07, 6.45) is 3.83. The number of aliphatic hydroxyl groups is 1. The molecule has 1 saturated carbocycles. The summed E-state index contributed by atoms with van der Waals surface area (Å²) in [5, 5.41) is 10.4. The third kappa shape index (κ3) is 2.99. The zero-order chi connectivity index (χ0) is 14.8. The molecule has 2 unspecified atom stereocenters. The van der Waals surface area contributed by atoms with Crippen LogP contribution in [0.2, 0.25) is 0 Å². The van der Waals surface area contributed by atoms with Crippen molar-refractivity contribution in [3.05, 3.63) is 28.8 Å². The van der Waals surface area contributed by atoms with Gasteiger partial charge in [-0.25, -0.2) is 0 Å². The zero-order valence-electron chi connectivity index (χ0n) is 12.9. The van der Waals surface area contributed by atoms with Crippen LogP contribution in [0, 0.1) is 26.7 Å². The van der Waals surface area contributed by atoms with Gasteiger partial charge in [0.2, 0.25) is 0 Å². The predicted octanol–water partition coefficient (Wildman–Crippen LogP) is 2.87. The van der Waals surface area contributed by atoms with Crippen LogP contribution in [0.3, 0.4) is 0 Å². The van der Waals surface area contributed by atoms with Crippen molar-refractivity contribution >= 4 is 0 Å². The van der Waals surface area contributed by atoms with Crippen molar-refractivity contribution in [2.24, 2.45) is 11.7 Å². The molecule has 2 atom stereocenters. The summed E-state index contributed by atoms with van der Waals surface area (Å²) in [5.74, 6) is 1.28. The zero-order valence-corrected chi connectivity index (χ0v) is 12.9. The first kappa shape index (κ1) is 15.3. The van der Waals surface area contributed by atoms with E-state index in [0.717, 1.165) is 31.4 Å². The SMILES string of the molecule is Cc1ccc(C)c(OCCC2CCCC2(O)CN)c1C. The van der Waals surface area contributed by atoms with Gasteiger partial charge >= 0.3 is 0 Å². The third-order valence-corrected chi connectivity index (χ3v) is 4.86. The molecule has 0 amide bonds. The summed E-state index contributed by atoms with van der Waals surface area (Å²) in [5.41, 5.74) is 8.69. The van der Waals surface area contributed by atoms with Gasteiger partial charge in [-0.1, -0.05) is 18.6 Å². The molecular formula is C17H27NO2. The lowest BCUT2D eigenvalue weighted by Gasteiger charge is -2.28. The Bertz CT molecular complexity index is 472. The maximum atomic E-state index is 10.4. The van der Waals surface area contributed by atoms with Gasteiger partial charge in [0.15, 0.2) is 0 Å². The van der Waals surface area contributed by atoms with E-state index in [1.54, 1.807) is 0 Å². The largest absolute Gasteiger partial charge is 0.493 e. The molecule has 0 spiro atoms. The number of hydrogen-bond donors (Lipinski definition) is 2. The Balaban J connectivity index is 1.95. The first-order valence-electron chi connectivity index (χ1n) is 7.60. The number of nitrogens with two attached hydrogens (primary N) is 1. The summed E-state index contributed by atoms with van der Waals surface area (Å²) in [6, 6.07) is 4.23. The lowest BCUT2D eigenvalue weighted by Crippen LogP contribution is -2.41. The maximum Gasteiger partial charge on any atom is 0.125 e. The molecule has 0 aromatic heterocycles. The molecule has 0 saturated heterocycles. The van der Waals surface area contributed by atoms with E-state index in [1.165, 1.54) is 16.7 Å². The highest BCUT2D eigenvalue weighted by atomic mass is 16.5. The summed E-state index contributed by atoms with van der Waals surface area (Å²) >= 11 is 0. The van der Waals surface area contributed by atoms with Crippen molar-refractivity contribution in [2.75, 3.05) is 13.2 Å². The van der Waals surface area contributed by atoms with Crippen LogP contribution >= 0.6 is 0 Å². The number of hydrogen-bond acceptors (Lipinski definition) is 3. The van der Waals surface area contributed by atoms with Crippen molar-refractivity contribution in [3.63, 3.8) is 0 Å². The normalized spacial score (nSPS) is 25.9. The van der Waals surface area contributed by atoms with Crippen LogP contribution < -0.4 is 10.5 Å². The van der Waals surface area contributed by atoms with Gasteiger partial charge in [0.25, 0.3) is 0 Å². The van der Waals surface area contributed by atoms with Crippen molar-refractivity contribution < 1.29 is 9.84 Å². The Kier molecular flexibility index (Phi) is 4.71. The maximum absolute atomic E-state index is 10.4. The molecule has 1 aromatic rings. The smallest absolute Gasteiger partial charge is 0.125 e. The monoisotopic (exact) mass is 277 g/mol. The fourth-order valence-corrected chi connectivity index (χ4v) is 3.26. The molecule has 0 bridgehead atoms. The Hall–Kier alpha value is -1.06. The quantitative estimate of drug-likeness (QED) is 0.870. The topological polar surface area (TPSA) is 55.5 Å². The van der Waals surface area contributed by atoms with E-state index >= 15 is 0 Å². The fourth-order valence-electron chi connectivity index (χ4n) is 3.26. The minimum absolute atomic E-state index is 0.276. The average molecular weight is 277 g/mol. The minimum atomic E-state index is -0.667. The molecule has 1 aliphatic carbocycles. The molecule has 1 aromatic carbocycles.